The van der Waals surface area contributed by atoms with E-state index in [9.17, 15) is 34.7 Å². The minimum Gasteiger partial charge on any atom is -0.394 e. The van der Waals surface area contributed by atoms with E-state index in [4.69, 9.17) is 30.0 Å². The number of anilines is 2. The molecule has 0 spiro atoms. The number of imidazole rings is 1. The predicted molar refractivity (Wildman–Crippen MR) is 137 cm³/mol. The van der Waals surface area contributed by atoms with Crippen LogP contribution in [0.1, 0.15) is 18.0 Å². The van der Waals surface area contributed by atoms with Gasteiger partial charge in [0.2, 0.25) is 5.95 Å². The fraction of sp³-hybridized carbons (Fsp3) is 0.476. The summed E-state index contributed by atoms with van der Waals surface area (Å²) in [5.41, 5.74) is 11.4. The molecule has 10 N–H and O–H groups in total. The highest BCUT2D eigenvalue weighted by molar-refractivity contribution is 7.47. The first kappa shape index (κ1) is 28.6. The Morgan fingerprint density at radius 2 is 1.88 bits per heavy atom. The molecule has 0 amide bonds. The first-order valence-corrected chi connectivity index (χ1v) is 13.9. The molecule has 0 aliphatic carbocycles. The number of hydrogen-bond donors (Lipinski definition) is 8. The second-order valence-corrected chi connectivity index (χ2v) is 11.0. The van der Waals surface area contributed by atoms with Gasteiger partial charge in [-0.15, -0.1) is 0 Å². The van der Waals surface area contributed by atoms with Gasteiger partial charge in [0.1, 0.15) is 54.6 Å². The van der Waals surface area contributed by atoms with Crippen LogP contribution in [0.25, 0.3) is 16.7 Å². The van der Waals surface area contributed by atoms with Crippen molar-refractivity contribution in [2.24, 2.45) is 0 Å². The number of hydrogen-bond acceptors (Lipinski definition) is 16. The average molecular weight is 611 g/mol. The molecule has 2 aliphatic heterocycles. The largest absolute Gasteiger partial charge is 0.472 e. The normalized spacial score (nSPS) is 31.3. The van der Waals surface area contributed by atoms with Crippen LogP contribution in [0.15, 0.2) is 29.6 Å². The number of ether oxygens (including phenoxy) is 2. The van der Waals surface area contributed by atoms with Gasteiger partial charge < -0.3 is 46.3 Å². The number of aliphatic hydroxyl groups excluding tert-OH is 4. The molecule has 2 aliphatic rings. The topological polar surface area (TPSA) is 301 Å². The van der Waals surface area contributed by atoms with E-state index in [1.54, 1.807) is 12.1 Å². The molecule has 20 nitrogen and oxygen atoms in total. The van der Waals surface area contributed by atoms with Crippen LogP contribution in [0.2, 0.25) is 0 Å². The molecular formula is C21H26N9O11P. The third-order valence-electron chi connectivity index (χ3n) is 7.04. The Labute approximate surface area is 233 Å². The fourth-order valence-corrected chi connectivity index (χ4v) is 5.94. The summed E-state index contributed by atoms with van der Waals surface area (Å²) >= 11 is 0. The zero-order valence-corrected chi connectivity index (χ0v) is 22.2. The van der Waals surface area contributed by atoms with E-state index in [0.29, 0.717) is 11.2 Å². The zero-order chi connectivity index (χ0) is 29.9. The summed E-state index contributed by atoms with van der Waals surface area (Å²) in [6, 6.07) is 3.17. The third-order valence-corrected chi connectivity index (χ3v) is 8.02. The Hall–Kier alpha value is -3.56. The smallest absolute Gasteiger partial charge is 0.394 e. The maximum absolute atomic E-state index is 13.0. The SMILES string of the molecule is Nc1nc2c(ncn2[C@@H]2O[C@H](CO)[C@@H](O)[C@H]2OP(=O)(O)OC[C@H]2O[C@@H](c3ccc4c(N)ncnn34)[C@H](O)[C@@H]2O)c(=O)[nH]1. The van der Waals surface area contributed by atoms with Crippen LogP contribution in [0.3, 0.4) is 0 Å². The van der Waals surface area contributed by atoms with Crippen LogP contribution in [0.4, 0.5) is 11.8 Å². The van der Waals surface area contributed by atoms with Gasteiger partial charge in [-0.25, -0.2) is 19.0 Å². The van der Waals surface area contributed by atoms with Crippen molar-refractivity contribution in [2.75, 3.05) is 24.7 Å². The monoisotopic (exact) mass is 611 g/mol. The van der Waals surface area contributed by atoms with E-state index in [1.165, 1.54) is 10.8 Å². The Morgan fingerprint density at radius 3 is 2.64 bits per heavy atom. The van der Waals surface area contributed by atoms with Crippen molar-refractivity contribution in [2.45, 2.75) is 49.0 Å². The molecular weight excluding hydrogens is 585 g/mol. The molecule has 4 aromatic heterocycles. The van der Waals surface area contributed by atoms with E-state index in [2.05, 4.69) is 25.0 Å². The Balaban J connectivity index is 1.19. The van der Waals surface area contributed by atoms with Crippen molar-refractivity contribution in [3.8, 4) is 0 Å². The minimum atomic E-state index is -5.04. The minimum absolute atomic E-state index is 0.0817. The molecule has 6 rings (SSSR count). The molecule has 0 bridgehead atoms. The van der Waals surface area contributed by atoms with E-state index in [0.717, 1.165) is 10.9 Å². The van der Waals surface area contributed by atoms with E-state index in [1.807, 2.05) is 0 Å². The molecule has 21 heteroatoms. The van der Waals surface area contributed by atoms with E-state index < -0.39 is 75.6 Å². The molecule has 1 unspecified atom stereocenters. The van der Waals surface area contributed by atoms with Crippen molar-refractivity contribution in [1.29, 1.82) is 0 Å². The lowest BCUT2D eigenvalue weighted by molar-refractivity contribution is -0.0551. The van der Waals surface area contributed by atoms with Crippen molar-refractivity contribution in [1.82, 2.24) is 34.1 Å². The zero-order valence-electron chi connectivity index (χ0n) is 21.3. The maximum Gasteiger partial charge on any atom is 0.472 e. The molecule has 42 heavy (non-hydrogen) atoms. The number of aliphatic hydroxyl groups is 4. The van der Waals surface area contributed by atoms with Crippen molar-refractivity contribution >= 4 is 36.3 Å². The number of phosphoric acid groups is 1. The van der Waals surface area contributed by atoms with Crippen molar-refractivity contribution in [3.63, 3.8) is 0 Å². The number of nitrogen functional groups attached to an aromatic ring is 2. The molecule has 0 aromatic carbocycles. The molecule has 0 saturated carbocycles. The summed E-state index contributed by atoms with van der Waals surface area (Å²) in [4.78, 5) is 36.8. The van der Waals surface area contributed by atoms with Gasteiger partial charge in [0, 0.05) is 0 Å². The second-order valence-electron chi connectivity index (χ2n) is 9.62. The fourth-order valence-electron chi connectivity index (χ4n) is 5.01. The van der Waals surface area contributed by atoms with Crippen LogP contribution < -0.4 is 17.0 Å². The number of H-pyrrole nitrogens is 1. The van der Waals surface area contributed by atoms with Crippen LogP contribution >= 0.6 is 7.82 Å². The van der Waals surface area contributed by atoms with Crippen LogP contribution in [-0.4, -0.2) is 109 Å². The Morgan fingerprint density at radius 1 is 1.10 bits per heavy atom. The Bertz CT molecular complexity index is 1730. The third kappa shape index (κ3) is 4.82. The number of phosphoric ester groups is 1. The number of rotatable bonds is 8. The molecule has 226 valence electrons. The lowest BCUT2D eigenvalue weighted by Gasteiger charge is -2.24. The maximum atomic E-state index is 13.0. The van der Waals surface area contributed by atoms with Gasteiger partial charge >= 0.3 is 7.82 Å². The van der Waals surface area contributed by atoms with Crippen molar-refractivity contribution in [3.05, 3.63) is 40.8 Å². The highest BCUT2D eigenvalue weighted by Crippen LogP contribution is 2.50. The first-order valence-electron chi connectivity index (χ1n) is 12.4. The van der Waals surface area contributed by atoms with E-state index >= 15 is 0 Å². The summed E-state index contributed by atoms with van der Waals surface area (Å²) in [7, 11) is -5.04. The molecule has 2 fully saturated rings. The Kier molecular flexibility index (Phi) is 7.22. The quantitative estimate of drug-likeness (QED) is 0.0917. The molecule has 4 aromatic rings. The van der Waals surface area contributed by atoms with E-state index in [-0.39, 0.29) is 22.9 Å². The summed E-state index contributed by atoms with van der Waals surface area (Å²) in [6.45, 7) is -1.41. The van der Waals surface area contributed by atoms with Gasteiger partial charge in [-0.05, 0) is 12.1 Å². The van der Waals surface area contributed by atoms with Gasteiger partial charge in [0.25, 0.3) is 5.56 Å². The standard InChI is InChI=1S/C21H26N9O11P/c22-17-8-2-1-7(30(8)26-5-24-17)15-14(34)12(32)10(39-15)4-38-42(36,37)41-16-13(33)9(3-31)40-20(16)29-6-25-11-18(29)27-21(23)28-19(11)35/h1-2,5-6,9-10,12-16,20,31-34H,3-4H2,(H,36,37)(H2,22,24,26)(H3,23,27,28,35)/t9-,10-,12-,13-,14-,15+,16-,20-/m1/s1. The van der Waals surface area contributed by atoms with Gasteiger partial charge in [-0.1, -0.05) is 0 Å². The number of nitrogens with zero attached hydrogens (tertiary/aromatic N) is 6. The van der Waals surface area contributed by atoms with Crippen LogP contribution in [0.5, 0.6) is 0 Å². The molecule has 2 saturated heterocycles. The number of nitrogens with two attached hydrogens (primary N) is 2. The van der Waals surface area contributed by atoms with Crippen LogP contribution in [-0.2, 0) is 23.1 Å². The summed E-state index contributed by atoms with van der Waals surface area (Å²) in [6.07, 6.45) is -9.03. The highest BCUT2D eigenvalue weighted by atomic mass is 31.2. The molecule has 0 radical (unpaired) electrons. The van der Waals surface area contributed by atoms with Gasteiger partial charge in [0.05, 0.1) is 25.2 Å². The second kappa shape index (κ2) is 10.6. The molecule has 6 heterocycles. The summed E-state index contributed by atoms with van der Waals surface area (Å²) in [5.74, 6) is -0.0723. The number of aromatic amines is 1. The number of nitrogens with one attached hydrogen (secondary N) is 1. The van der Waals surface area contributed by atoms with Gasteiger partial charge in [-0.2, -0.15) is 10.1 Å². The lowest BCUT2D eigenvalue weighted by atomic mass is 10.1. The van der Waals surface area contributed by atoms with Gasteiger partial charge in [0.15, 0.2) is 23.2 Å². The summed E-state index contributed by atoms with van der Waals surface area (Å²) in [5, 5.41) is 45.7. The number of fused-ring (bicyclic) bond motifs is 2. The van der Waals surface area contributed by atoms with Crippen molar-refractivity contribution < 1.29 is 48.4 Å². The lowest BCUT2D eigenvalue weighted by Crippen LogP contribution is -2.36. The highest BCUT2D eigenvalue weighted by Gasteiger charge is 2.50. The molecule has 9 atom stereocenters. The predicted octanol–water partition coefficient (Wildman–Crippen LogP) is -3.06. The average Bonchev–Trinajstić information content (AvgIpc) is 3.69. The van der Waals surface area contributed by atoms with Crippen LogP contribution in [0, 0.1) is 0 Å². The summed E-state index contributed by atoms with van der Waals surface area (Å²) < 4.78 is 37.2. The van der Waals surface area contributed by atoms with Gasteiger partial charge in [-0.3, -0.25) is 23.4 Å². The first-order chi connectivity index (χ1) is 20.0. The number of aromatic nitrogens is 7.